The summed E-state index contributed by atoms with van der Waals surface area (Å²) in [4.78, 5) is 13.4. The van der Waals surface area contributed by atoms with E-state index in [1.165, 1.54) is 0 Å². The van der Waals surface area contributed by atoms with Gasteiger partial charge in [0.1, 0.15) is 0 Å². The van der Waals surface area contributed by atoms with Crippen molar-refractivity contribution in [2.24, 2.45) is 0 Å². The Balaban J connectivity index is 0.00000256. The quantitative estimate of drug-likeness (QED) is 0.805. The van der Waals surface area contributed by atoms with Gasteiger partial charge in [0.05, 0.1) is 6.54 Å². The van der Waals surface area contributed by atoms with Crippen LogP contribution in [0.1, 0.15) is 0 Å². The molecule has 1 rings (SSSR count). The van der Waals surface area contributed by atoms with Crippen LogP contribution in [-0.4, -0.2) is 44.5 Å². The third-order valence-corrected chi connectivity index (χ3v) is 2.11. The summed E-state index contributed by atoms with van der Waals surface area (Å²) in [5.41, 5.74) is 0.963. The highest BCUT2D eigenvalue weighted by atomic mass is 35.5. The van der Waals surface area contributed by atoms with Gasteiger partial charge in [0.2, 0.25) is 5.91 Å². The molecule has 0 bridgehead atoms. The van der Waals surface area contributed by atoms with Gasteiger partial charge in [-0.3, -0.25) is 4.79 Å². The van der Waals surface area contributed by atoms with Crippen LogP contribution in [0.3, 0.4) is 0 Å². The maximum absolute atomic E-state index is 11.4. The summed E-state index contributed by atoms with van der Waals surface area (Å²) < 4.78 is 0. The Morgan fingerprint density at radius 2 is 1.88 bits per heavy atom. The average Bonchev–Trinajstić information content (AvgIpc) is 2.27. The number of hydrogen-bond donors (Lipinski definition) is 2. The van der Waals surface area contributed by atoms with E-state index < -0.39 is 0 Å². The smallest absolute Gasteiger partial charge is 0.239 e. The SMILES string of the molecule is CN(C)CCNC(=O)CNc1ccccc1.Cl. The molecule has 0 fully saturated rings. The largest absolute Gasteiger partial charge is 0.376 e. The Kier molecular flexibility index (Phi) is 8.19. The summed E-state index contributed by atoms with van der Waals surface area (Å²) in [7, 11) is 3.96. The molecule has 0 heterocycles. The van der Waals surface area contributed by atoms with Crippen molar-refractivity contribution < 1.29 is 4.79 Å². The van der Waals surface area contributed by atoms with Crippen LogP contribution in [0, 0.1) is 0 Å². The number of hydrogen-bond acceptors (Lipinski definition) is 3. The third kappa shape index (κ3) is 7.60. The van der Waals surface area contributed by atoms with Crippen molar-refractivity contribution in [3.63, 3.8) is 0 Å². The topological polar surface area (TPSA) is 44.4 Å². The van der Waals surface area contributed by atoms with Crippen molar-refractivity contribution in [1.82, 2.24) is 10.2 Å². The molecule has 0 saturated carbocycles. The normalized spacial score (nSPS) is 9.59. The molecule has 0 unspecified atom stereocenters. The van der Waals surface area contributed by atoms with Gasteiger partial charge in [-0.2, -0.15) is 0 Å². The van der Waals surface area contributed by atoms with Gasteiger partial charge in [0, 0.05) is 18.8 Å². The molecule has 96 valence electrons. The van der Waals surface area contributed by atoms with E-state index in [0.29, 0.717) is 13.1 Å². The zero-order valence-corrected chi connectivity index (χ0v) is 11.1. The standard InChI is InChI=1S/C12H19N3O.ClH/c1-15(2)9-8-13-12(16)10-14-11-6-4-3-5-7-11;/h3-7,14H,8-10H2,1-2H3,(H,13,16);1H. The van der Waals surface area contributed by atoms with Crippen LogP contribution in [0.15, 0.2) is 30.3 Å². The molecule has 5 heteroatoms. The van der Waals surface area contributed by atoms with Gasteiger partial charge in [-0.15, -0.1) is 12.4 Å². The molecular weight excluding hydrogens is 238 g/mol. The van der Waals surface area contributed by atoms with Gasteiger partial charge in [-0.05, 0) is 26.2 Å². The maximum Gasteiger partial charge on any atom is 0.239 e. The van der Waals surface area contributed by atoms with Gasteiger partial charge in [0.25, 0.3) is 0 Å². The lowest BCUT2D eigenvalue weighted by atomic mass is 10.3. The van der Waals surface area contributed by atoms with Gasteiger partial charge in [0.15, 0.2) is 0 Å². The molecule has 0 aliphatic heterocycles. The van der Waals surface area contributed by atoms with Crippen LogP contribution in [-0.2, 0) is 4.79 Å². The second-order valence-corrected chi connectivity index (χ2v) is 3.87. The number of nitrogens with one attached hydrogen (secondary N) is 2. The lowest BCUT2D eigenvalue weighted by Gasteiger charge is -2.11. The maximum atomic E-state index is 11.4. The van der Waals surface area contributed by atoms with Gasteiger partial charge in [-0.25, -0.2) is 0 Å². The lowest BCUT2D eigenvalue weighted by Crippen LogP contribution is -2.34. The Morgan fingerprint density at radius 1 is 1.24 bits per heavy atom. The first-order chi connectivity index (χ1) is 7.68. The Morgan fingerprint density at radius 3 is 2.47 bits per heavy atom. The zero-order valence-electron chi connectivity index (χ0n) is 10.3. The molecular formula is C12H20ClN3O. The molecule has 0 saturated heterocycles. The highest BCUT2D eigenvalue weighted by Crippen LogP contribution is 2.03. The number of carbonyl (C=O) groups is 1. The van der Waals surface area contributed by atoms with E-state index in [1.54, 1.807) is 0 Å². The van der Waals surface area contributed by atoms with E-state index in [1.807, 2.05) is 49.3 Å². The minimum Gasteiger partial charge on any atom is -0.376 e. The van der Waals surface area contributed by atoms with Crippen LogP contribution in [0.2, 0.25) is 0 Å². The number of anilines is 1. The van der Waals surface area contributed by atoms with Crippen molar-refractivity contribution in [2.75, 3.05) is 39.0 Å². The van der Waals surface area contributed by atoms with Gasteiger partial charge < -0.3 is 15.5 Å². The fraction of sp³-hybridized carbons (Fsp3) is 0.417. The number of likely N-dealkylation sites (N-methyl/N-ethyl adjacent to an activating group) is 1. The van der Waals surface area contributed by atoms with E-state index in [0.717, 1.165) is 12.2 Å². The first-order valence-corrected chi connectivity index (χ1v) is 5.39. The summed E-state index contributed by atoms with van der Waals surface area (Å²) >= 11 is 0. The molecule has 0 atom stereocenters. The zero-order chi connectivity index (χ0) is 11.8. The summed E-state index contributed by atoms with van der Waals surface area (Å²) in [6.07, 6.45) is 0. The second-order valence-electron chi connectivity index (χ2n) is 3.87. The number of para-hydroxylation sites is 1. The molecule has 0 aromatic heterocycles. The molecule has 1 amide bonds. The number of carbonyl (C=O) groups excluding carboxylic acids is 1. The van der Waals surface area contributed by atoms with Crippen LogP contribution >= 0.6 is 12.4 Å². The molecule has 17 heavy (non-hydrogen) atoms. The van der Waals surface area contributed by atoms with E-state index in [2.05, 4.69) is 10.6 Å². The fourth-order valence-corrected chi connectivity index (χ4v) is 1.22. The number of halogens is 1. The predicted octanol–water partition coefficient (Wildman–Crippen LogP) is 1.20. The summed E-state index contributed by atoms with van der Waals surface area (Å²) in [6, 6.07) is 9.70. The predicted molar refractivity (Wildman–Crippen MR) is 73.7 cm³/mol. The molecule has 0 aliphatic rings. The molecule has 0 spiro atoms. The number of amides is 1. The Labute approximate surface area is 109 Å². The summed E-state index contributed by atoms with van der Waals surface area (Å²) in [5, 5.41) is 5.90. The number of nitrogens with zero attached hydrogens (tertiary/aromatic N) is 1. The highest BCUT2D eigenvalue weighted by Gasteiger charge is 1.99. The van der Waals surface area contributed by atoms with Crippen LogP contribution in [0.4, 0.5) is 5.69 Å². The number of benzene rings is 1. The molecule has 0 aliphatic carbocycles. The average molecular weight is 258 g/mol. The molecule has 1 aromatic carbocycles. The van der Waals surface area contributed by atoms with E-state index >= 15 is 0 Å². The van der Waals surface area contributed by atoms with Crippen molar-refractivity contribution in [1.29, 1.82) is 0 Å². The lowest BCUT2D eigenvalue weighted by molar-refractivity contribution is -0.119. The van der Waals surface area contributed by atoms with Crippen molar-refractivity contribution >= 4 is 24.0 Å². The first-order valence-electron chi connectivity index (χ1n) is 5.39. The van der Waals surface area contributed by atoms with Crippen molar-refractivity contribution in [2.45, 2.75) is 0 Å². The molecule has 1 aromatic rings. The first kappa shape index (κ1) is 15.7. The molecule has 2 N–H and O–H groups in total. The molecule has 4 nitrogen and oxygen atoms in total. The minimum absolute atomic E-state index is 0. The van der Waals surface area contributed by atoms with E-state index in [4.69, 9.17) is 0 Å². The van der Waals surface area contributed by atoms with Crippen LogP contribution in [0.5, 0.6) is 0 Å². The summed E-state index contributed by atoms with van der Waals surface area (Å²) in [5.74, 6) is 0.0192. The highest BCUT2D eigenvalue weighted by molar-refractivity contribution is 5.85. The van der Waals surface area contributed by atoms with E-state index in [9.17, 15) is 4.79 Å². The van der Waals surface area contributed by atoms with Gasteiger partial charge in [-0.1, -0.05) is 18.2 Å². The van der Waals surface area contributed by atoms with Crippen molar-refractivity contribution in [3.05, 3.63) is 30.3 Å². The summed E-state index contributed by atoms with van der Waals surface area (Å²) in [6.45, 7) is 1.86. The monoisotopic (exact) mass is 257 g/mol. The number of rotatable bonds is 6. The third-order valence-electron chi connectivity index (χ3n) is 2.11. The van der Waals surface area contributed by atoms with Crippen LogP contribution < -0.4 is 10.6 Å². The van der Waals surface area contributed by atoms with Gasteiger partial charge >= 0.3 is 0 Å². The minimum atomic E-state index is 0. The van der Waals surface area contributed by atoms with Crippen LogP contribution in [0.25, 0.3) is 0 Å². The Bertz CT molecular complexity index is 317. The Hall–Kier alpha value is -1.26. The second kappa shape index (κ2) is 8.84. The molecule has 0 radical (unpaired) electrons. The van der Waals surface area contributed by atoms with Crippen molar-refractivity contribution in [3.8, 4) is 0 Å². The fourth-order valence-electron chi connectivity index (χ4n) is 1.22. The van der Waals surface area contributed by atoms with E-state index in [-0.39, 0.29) is 18.3 Å².